The highest BCUT2D eigenvalue weighted by molar-refractivity contribution is 7.99. The first-order chi connectivity index (χ1) is 23.9. The van der Waals surface area contributed by atoms with Gasteiger partial charge < -0.3 is 14.9 Å². The summed E-state index contributed by atoms with van der Waals surface area (Å²) in [6.07, 6.45) is 5.27. The fourth-order valence-corrected chi connectivity index (χ4v) is 6.83. The summed E-state index contributed by atoms with van der Waals surface area (Å²) in [5.74, 6) is -0.491. The van der Waals surface area contributed by atoms with E-state index in [1.165, 1.54) is 30.2 Å². The Bertz CT molecular complexity index is 2190. The Morgan fingerprint density at radius 1 is 0.939 bits per heavy atom. The third-order valence-corrected chi connectivity index (χ3v) is 9.43. The van der Waals surface area contributed by atoms with Gasteiger partial charge in [0.2, 0.25) is 0 Å². The Morgan fingerprint density at radius 2 is 1.71 bits per heavy atom. The predicted octanol–water partition coefficient (Wildman–Crippen LogP) is 7.56. The van der Waals surface area contributed by atoms with E-state index in [1.807, 2.05) is 78.9 Å². The van der Waals surface area contributed by atoms with Crippen LogP contribution in [0, 0.1) is 0 Å². The van der Waals surface area contributed by atoms with E-state index in [4.69, 9.17) is 14.2 Å². The number of carbonyl (C=O) groups is 2. The number of pyridine rings is 1. The molecule has 0 aliphatic carbocycles. The zero-order valence-electron chi connectivity index (χ0n) is 26.7. The minimum Gasteiger partial charge on any atom is -0.468 e. The van der Waals surface area contributed by atoms with Gasteiger partial charge in [-0.3, -0.25) is 14.6 Å². The van der Waals surface area contributed by atoms with Gasteiger partial charge in [0, 0.05) is 48.2 Å². The molecule has 0 bridgehead atoms. The molecular weight excluding hydrogens is 661 g/mol. The van der Waals surface area contributed by atoms with Gasteiger partial charge in [-0.25, -0.2) is 0 Å². The van der Waals surface area contributed by atoms with Crippen molar-refractivity contribution in [2.24, 2.45) is 0 Å². The van der Waals surface area contributed by atoms with Crippen molar-refractivity contribution >= 4 is 65.6 Å². The fourth-order valence-electron chi connectivity index (χ4n) is 4.96. The van der Waals surface area contributed by atoms with Gasteiger partial charge in [-0.05, 0) is 77.4 Å². The Hall–Kier alpha value is -5.39. The number of ether oxygens (including phenoxy) is 1. The maximum Gasteiger partial charge on any atom is 0.690 e. The van der Waals surface area contributed by atoms with Crippen LogP contribution in [0.3, 0.4) is 0 Å². The molecule has 0 radical (unpaired) electrons. The van der Waals surface area contributed by atoms with Gasteiger partial charge in [0.05, 0.1) is 24.1 Å². The quantitative estimate of drug-likeness (QED) is 0.0781. The molecule has 1 unspecified atom stereocenters. The van der Waals surface area contributed by atoms with E-state index >= 15 is 0 Å². The molecule has 11 nitrogen and oxygen atoms in total. The minimum atomic E-state index is -2.83. The van der Waals surface area contributed by atoms with E-state index in [-0.39, 0.29) is 5.91 Å². The van der Waals surface area contributed by atoms with E-state index < -0.39 is 20.2 Å². The Morgan fingerprint density at radius 3 is 2.51 bits per heavy atom. The number of methoxy groups -OCH3 is 1. The second-order valence-corrected chi connectivity index (χ2v) is 12.7. The topological polar surface area (TPSA) is 125 Å². The second kappa shape index (κ2) is 15.2. The van der Waals surface area contributed by atoms with E-state index in [9.17, 15) is 14.2 Å². The number of hydrogen-bond donors (Lipinski definition) is 1. The minimum absolute atomic E-state index is 0.210. The third kappa shape index (κ3) is 7.53. The van der Waals surface area contributed by atoms with E-state index in [2.05, 4.69) is 15.4 Å². The smallest absolute Gasteiger partial charge is 0.468 e. The van der Waals surface area contributed by atoms with Crippen molar-refractivity contribution in [1.29, 1.82) is 0 Å². The number of rotatable bonds is 12. The lowest BCUT2D eigenvalue weighted by Gasteiger charge is -2.20. The van der Waals surface area contributed by atoms with Crippen molar-refractivity contribution in [2.45, 2.75) is 22.8 Å². The summed E-state index contributed by atoms with van der Waals surface area (Å²) in [6.45, 7) is 1.51. The van der Waals surface area contributed by atoms with Crippen molar-refractivity contribution in [3.8, 4) is 5.75 Å². The molecule has 246 valence electrons. The number of fused-ring (bicyclic) bond motifs is 2. The average Bonchev–Trinajstić information content (AvgIpc) is 3.51. The molecule has 0 spiro atoms. The van der Waals surface area contributed by atoms with Crippen molar-refractivity contribution in [3.05, 3.63) is 126 Å². The van der Waals surface area contributed by atoms with Gasteiger partial charge in [0.15, 0.2) is 11.8 Å². The van der Waals surface area contributed by atoms with Gasteiger partial charge in [-0.15, -0.1) is 5.10 Å². The zero-order valence-corrected chi connectivity index (χ0v) is 28.4. The molecule has 2 aromatic heterocycles. The second-order valence-electron chi connectivity index (χ2n) is 10.6. The largest absolute Gasteiger partial charge is 0.690 e. The first-order valence-electron chi connectivity index (χ1n) is 15.2. The zero-order chi connectivity index (χ0) is 34.3. The number of nitrogens with one attached hydrogen (secondary N) is 1. The van der Waals surface area contributed by atoms with Gasteiger partial charge >= 0.3 is 14.1 Å². The summed E-state index contributed by atoms with van der Waals surface area (Å²) in [5, 5.41) is 10.6. The molecule has 4 aromatic carbocycles. The Kier molecular flexibility index (Phi) is 10.4. The fraction of sp³-hybridized carbons (Fsp3) is 0.111. The third-order valence-electron chi connectivity index (χ3n) is 7.45. The summed E-state index contributed by atoms with van der Waals surface area (Å²) in [7, 11) is 0.00467. The van der Waals surface area contributed by atoms with Crippen LogP contribution >= 0.6 is 19.9 Å². The molecule has 49 heavy (non-hydrogen) atoms. The monoisotopic (exact) mass is 692 g/mol. The summed E-state index contributed by atoms with van der Waals surface area (Å²) in [5.41, 5.74) is 2.23. The van der Waals surface area contributed by atoms with Crippen LogP contribution in [0.1, 0.15) is 28.7 Å². The van der Waals surface area contributed by atoms with Crippen LogP contribution in [-0.4, -0.2) is 51.8 Å². The number of aromatic nitrogens is 3. The molecule has 1 N–H and O–H groups in total. The van der Waals surface area contributed by atoms with E-state index in [1.54, 1.807) is 49.7 Å². The molecular formula is C36H31N5O6PS+. The molecule has 2 heterocycles. The first kappa shape index (κ1) is 33.5. The highest BCUT2D eigenvalue weighted by Gasteiger charge is 2.38. The molecule has 13 heteroatoms. The van der Waals surface area contributed by atoms with Crippen molar-refractivity contribution in [2.75, 3.05) is 14.2 Å². The summed E-state index contributed by atoms with van der Waals surface area (Å²) >= 11 is 1.38. The van der Waals surface area contributed by atoms with Crippen molar-refractivity contribution in [3.63, 3.8) is 0 Å². The van der Waals surface area contributed by atoms with E-state index in [0.717, 1.165) is 25.8 Å². The highest BCUT2D eigenvalue weighted by Crippen LogP contribution is 2.38. The molecule has 6 rings (SSSR count). The number of carbonyl (C=O) groups excluding carboxylic acids is 2. The first-order valence-corrected chi connectivity index (χ1v) is 17.1. The number of benzene rings is 4. The van der Waals surface area contributed by atoms with Gasteiger partial charge in [0.25, 0.3) is 5.91 Å². The number of hydrogen-bond acceptors (Lipinski definition) is 10. The number of hydroxylamine groups is 2. The van der Waals surface area contributed by atoms with Crippen molar-refractivity contribution in [1.82, 2.24) is 25.1 Å². The van der Waals surface area contributed by atoms with E-state index in [0.29, 0.717) is 33.6 Å². The van der Waals surface area contributed by atoms with Gasteiger partial charge in [0.1, 0.15) is 5.52 Å². The van der Waals surface area contributed by atoms with Crippen LogP contribution in [-0.2, 0) is 18.7 Å². The lowest BCUT2D eigenvalue weighted by Crippen LogP contribution is -2.41. The lowest BCUT2D eigenvalue weighted by atomic mass is 10.1. The molecule has 0 aliphatic heterocycles. The SMILES string of the molecule is CNC(=O)c1ccccc1Sc1ccc2c(/C=C/c3ccccn3)nn([P+](=O)ON(Oc3cccc4ccccc34)[C@@H](C)C(=O)OC)c2c1. The Balaban J connectivity index is 1.39. The highest BCUT2D eigenvalue weighted by atomic mass is 32.2. The van der Waals surface area contributed by atoms with Crippen molar-refractivity contribution < 1.29 is 28.4 Å². The maximum absolute atomic E-state index is 14.1. The van der Waals surface area contributed by atoms with Crippen LogP contribution < -0.4 is 10.2 Å². The molecule has 0 saturated heterocycles. The number of amides is 1. The van der Waals surface area contributed by atoms with Crippen LogP contribution in [0.5, 0.6) is 5.75 Å². The van der Waals surface area contributed by atoms with Gasteiger partial charge in [-0.2, -0.15) is 0 Å². The maximum atomic E-state index is 14.1. The summed E-state index contributed by atoms with van der Waals surface area (Å²) < 4.78 is 26.2. The molecule has 0 fully saturated rings. The molecule has 6 aromatic rings. The molecule has 0 aliphatic rings. The van der Waals surface area contributed by atoms with Gasteiger partial charge in [-0.1, -0.05) is 66.4 Å². The number of nitrogens with zero attached hydrogens (tertiary/aromatic N) is 4. The predicted molar refractivity (Wildman–Crippen MR) is 189 cm³/mol. The van der Waals surface area contributed by atoms with Crippen LogP contribution in [0.2, 0.25) is 0 Å². The Labute approximate surface area is 287 Å². The normalized spacial score (nSPS) is 12.4. The van der Waals surface area contributed by atoms with Crippen LogP contribution in [0.4, 0.5) is 0 Å². The standard InChI is InChI=1S/C36H30N5O6PS/c1-24(36(43)45-3)41(46-33-16-10-12-25-11-4-5-14-28(25)33)47-48(44)40-32-23-27(49-34-17-7-6-15-30(34)35(42)37-2)19-20-29(32)31(39-40)21-18-26-13-8-9-22-38-26/h4-24H,1-3H3/p+1/b21-18+/t24-/m0/s1. The van der Waals surface area contributed by atoms with Crippen LogP contribution in [0.15, 0.2) is 119 Å². The summed E-state index contributed by atoms with van der Waals surface area (Å²) in [6, 6.07) is 30.3. The lowest BCUT2D eigenvalue weighted by molar-refractivity contribution is -0.275. The number of esters is 1. The average molecular weight is 693 g/mol. The molecule has 0 saturated carbocycles. The van der Waals surface area contributed by atoms with Crippen LogP contribution in [0.25, 0.3) is 33.8 Å². The molecule has 2 atom stereocenters. The molecule has 1 amide bonds. The summed E-state index contributed by atoms with van der Waals surface area (Å²) in [4.78, 5) is 37.2.